The maximum atomic E-state index is 11.0. The summed E-state index contributed by atoms with van der Waals surface area (Å²) >= 11 is 0. The van der Waals surface area contributed by atoms with Crippen molar-refractivity contribution in [1.82, 2.24) is 0 Å². The molecule has 6 nitrogen and oxygen atoms in total. The molecule has 0 N–H and O–H groups in total. The van der Waals surface area contributed by atoms with E-state index in [-0.39, 0.29) is 19.6 Å². The van der Waals surface area contributed by atoms with E-state index < -0.39 is 21.7 Å². The summed E-state index contributed by atoms with van der Waals surface area (Å²) in [6, 6.07) is 0. The molecule has 0 aromatic carbocycles. The molecular formula is C7H12O6S. The van der Waals surface area contributed by atoms with Crippen LogP contribution in [0.25, 0.3) is 0 Å². The summed E-state index contributed by atoms with van der Waals surface area (Å²) in [6.45, 7) is 2.09. The lowest BCUT2D eigenvalue weighted by Crippen LogP contribution is -2.23. The molecule has 0 amide bonds. The molecule has 0 radical (unpaired) electrons. The van der Waals surface area contributed by atoms with E-state index >= 15 is 0 Å². The largest absolute Gasteiger partial charge is 0.509 e. The molecule has 82 valence electrons. The number of ether oxygens (including phenoxy) is 2. The molecule has 0 aromatic rings. The molecule has 0 spiro atoms. The molecule has 1 heterocycles. The van der Waals surface area contributed by atoms with Crippen LogP contribution in [0.2, 0.25) is 0 Å². The summed E-state index contributed by atoms with van der Waals surface area (Å²) in [5.74, 6) is 0. The first-order valence-electron chi connectivity index (χ1n) is 4.28. The second kappa shape index (κ2) is 4.61. The van der Waals surface area contributed by atoms with Crippen LogP contribution in [0.15, 0.2) is 0 Å². The molecule has 1 aliphatic rings. The first-order chi connectivity index (χ1) is 6.56. The van der Waals surface area contributed by atoms with E-state index in [4.69, 9.17) is 0 Å². The van der Waals surface area contributed by atoms with Crippen LogP contribution < -0.4 is 0 Å². The second-order valence-corrected chi connectivity index (χ2v) is 4.50. The third kappa shape index (κ3) is 2.85. The molecule has 1 rings (SSSR count). The molecular weight excluding hydrogens is 212 g/mol. The lowest BCUT2D eigenvalue weighted by molar-refractivity contribution is 0.0457. The van der Waals surface area contributed by atoms with Gasteiger partial charge in [0.05, 0.1) is 13.2 Å². The van der Waals surface area contributed by atoms with Crippen LogP contribution in [0.4, 0.5) is 4.79 Å². The quantitative estimate of drug-likeness (QED) is 0.516. The highest BCUT2D eigenvalue weighted by atomic mass is 32.2. The second-order valence-electron chi connectivity index (χ2n) is 2.75. The average Bonchev–Trinajstić information content (AvgIpc) is 2.43. The summed E-state index contributed by atoms with van der Waals surface area (Å²) in [4.78, 5) is 10.9. The van der Waals surface area contributed by atoms with Crippen molar-refractivity contribution in [2.75, 3.05) is 13.2 Å². The van der Waals surface area contributed by atoms with Gasteiger partial charge in [-0.15, -0.1) is 0 Å². The molecule has 1 saturated heterocycles. The number of hydrogen-bond acceptors (Lipinski definition) is 6. The van der Waals surface area contributed by atoms with Crippen LogP contribution in [0.5, 0.6) is 0 Å². The van der Waals surface area contributed by atoms with Crippen molar-refractivity contribution in [2.24, 2.45) is 0 Å². The van der Waals surface area contributed by atoms with Gasteiger partial charge in [0.2, 0.25) is 5.44 Å². The molecule has 1 unspecified atom stereocenters. The highest BCUT2D eigenvalue weighted by molar-refractivity contribution is 7.87. The Balaban J connectivity index is 2.41. The Labute approximate surface area is 82.3 Å². The summed E-state index contributed by atoms with van der Waals surface area (Å²) in [6.07, 6.45) is -0.155. The van der Waals surface area contributed by atoms with Crippen molar-refractivity contribution in [3.8, 4) is 0 Å². The van der Waals surface area contributed by atoms with Gasteiger partial charge in [-0.1, -0.05) is 6.92 Å². The minimum Gasteiger partial charge on any atom is -0.434 e. The third-order valence-electron chi connectivity index (χ3n) is 1.57. The van der Waals surface area contributed by atoms with Gasteiger partial charge >= 0.3 is 16.3 Å². The van der Waals surface area contributed by atoms with Crippen LogP contribution >= 0.6 is 0 Å². The van der Waals surface area contributed by atoms with Crippen molar-refractivity contribution >= 4 is 16.3 Å². The van der Waals surface area contributed by atoms with E-state index in [1.54, 1.807) is 0 Å². The number of carbonyl (C=O) groups is 1. The molecule has 1 aliphatic heterocycles. The van der Waals surface area contributed by atoms with Gasteiger partial charge < -0.3 is 9.47 Å². The number of carbonyl (C=O) groups excluding carboxylic acids is 1. The van der Waals surface area contributed by atoms with Crippen LogP contribution in [0, 0.1) is 0 Å². The van der Waals surface area contributed by atoms with Gasteiger partial charge in [0, 0.05) is 6.42 Å². The first-order valence-corrected chi connectivity index (χ1v) is 5.75. The summed E-state index contributed by atoms with van der Waals surface area (Å²) in [5, 5.41) is 0. The minimum atomic E-state index is -3.73. The Bertz CT molecular complexity index is 295. The Kier molecular flexibility index (Phi) is 3.70. The van der Waals surface area contributed by atoms with Crippen molar-refractivity contribution in [1.29, 1.82) is 0 Å². The SMILES string of the molecule is CCCOC(=O)OC1CCOS1(=O)=O. The highest BCUT2D eigenvalue weighted by Gasteiger charge is 2.36. The lowest BCUT2D eigenvalue weighted by atomic mass is 10.5. The maximum absolute atomic E-state index is 11.0. The van der Waals surface area contributed by atoms with Crippen molar-refractivity contribution in [3.63, 3.8) is 0 Å². The lowest BCUT2D eigenvalue weighted by Gasteiger charge is -2.09. The van der Waals surface area contributed by atoms with E-state index in [0.29, 0.717) is 6.42 Å². The fourth-order valence-electron chi connectivity index (χ4n) is 0.925. The standard InChI is InChI=1S/C7H12O6S/c1-2-4-11-7(8)13-6-3-5-12-14(6,9)10/h6H,2-5H2,1H3. The Hall–Kier alpha value is -0.820. The van der Waals surface area contributed by atoms with Gasteiger partial charge in [-0.2, -0.15) is 8.42 Å². The van der Waals surface area contributed by atoms with Crippen molar-refractivity contribution in [2.45, 2.75) is 25.2 Å². The molecule has 0 aromatic heterocycles. The van der Waals surface area contributed by atoms with Crippen LogP contribution in [0.1, 0.15) is 19.8 Å². The van der Waals surface area contributed by atoms with Gasteiger partial charge in [0.15, 0.2) is 0 Å². The molecule has 0 aliphatic carbocycles. The van der Waals surface area contributed by atoms with Crippen molar-refractivity contribution in [3.05, 3.63) is 0 Å². The van der Waals surface area contributed by atoms with E-state index in [9.17, 15) is 13.2 Å². The van der Waals surface area contributed by atoms with E-state index in [1.807, 2.05) is 6.92 Å². The normalized spacial score (nSPS) is 24.5. The molecule has 7 heteroatoms. The van der Waals surface area contributed by atoms with Gasteiger partial charge in [-0.25, -0.2) is 4.79 Å². The molecule has 1 atom stereocenters. The minimum absolute atomic E-state index is 0.0497. The summed E-state index contributed by atoms with van der Waals surface area (Å²) in [7, 11) is -3.73. The zero-order chi connectivity index (χ0) is 10.6. The summed E-state index contributed by atoms with van der Waals surface area (Å²) in [5.41, 5.74) is -1.22. The fourth-order valence-corrected chi connectivity index (χ4v) is 1.99. The molecule has 0 bridgehead atoms. The average molecular weight is 224 g/mol. The highest BCUT2D eigenvalue weighted by Crippen LogP contribution is 2.18. The third-order valence-corrected chi connectivity index (χ3v) is 3.05. The van der Waals surface area contributed by atoms with Gasteiger partial charge in [0.25, 0.3) is 0 Å². The Morgan fingerprint density at radius 2 is 2.29 bits per heavy atom. The molecule has 14 heavy (non-hydrogen) atoms. The zero-order valence-electron chi connectivity index (χ0n) is 7.76. The monoisotopic (exact) mass is 224 g/mol. The van der Waals surface area contributed by atoms with E-state index in [2.05, 4.69) is 13.7 Å². The first kappa shape index (κ1) is 11.3. The zero-order valence-corrected chi connectivity index (χ0v) is 8.58. The van der Waals surface area contributed by atoms with Crippen LogP contribution in [-0.4, -0.2) is 33.2 Å². The van der Waals surface area contributed by atoms with E-state index in [0.717, 1.165) is 0 Å². The Morgan fingerprint density at radius 3 is 2.79 bits per heavy atom. The molecule has 0 saturated carbocycles. The predicted molar refractivity (Wildman–Crippen MR) is 46.0 cm³/mol. The fraction of sp³-hybridized carbons (Fsp3) is 0.857. The maximum Gasteiger partial charge on any atom is 0.509 e. The van der Waals surface area contributed by atoms with Gasteiger partial charge in [0.1, 0.15) is 0 Å². The predicted octanol–water partition coefficient (Wildman–Crippen LogP) is 0.626. The van der Waals surface area contributed by atoms with E-state index in [1.165, 1.54) is 0 Å². The van der Waals surface area contributed by atoms with Crippen LogP contribution in [0.3, 0.4) is 0 Å². The topological polar surface area (TPSA) is 78.9 Å². The smallest absolute Gasteiger partial charge is 0.434 e. The number of hydrogen-bond donors (Lipinski definition) is 0. The number of rotatable bonds is 3. The van der Waals surface area contributed by atoms with Crippen LogP contribution in [-0.2, 0) is 23.8 Å². The summed E-state index contributed by atoms with van der Waals surface area (Å²) < 4.78 is 35.5. The van der Waals surface area contributed by atoms with Gasteiger partial charge in [-0.05, 0) is 6.42 Å². The van der Waals surface area contributed by atoms with Crippen molar-refractivity contribution < 1.29 is 26.9 Å². The molecule has 1 fully saturated rings. The Morgan fingerprint density at radius 1 is 1.57 bits per heavy atom. The van der Waals surface area contributed by atoms with Gasteiger partial charge in [-0.3, -0.25) is 4.18 Å².